The Labute approximate surface area is 108 Å². The minimum atomic E-state index is -0.331. The lowest BCUT2D eigenvalue weighted by Gasteiger charge is -2.39. The summed E-state index contributed by atoms with van der Waals surface area (Å²) >= 11 is 0. The van der Waals surface area contributed by atoms with Crippen molar-refractivity contribution in [3.8, 4) is 0 Å². The van der Waals surface area contributed by atoms with Gasteiger partial charge >= 0.3 is 0 Å². The number of carbonyl (C=O) groups excluding carboxylic acids is 1. The molecule has 1 amide bonds. The molecule has 1 aliphatic rings. The van der Waals surface area contributed by atoms with Crippen molar-refractivity contribution >= 4 is 5.91 Å². The van der Waals surface area contributed by atoms with Crippen LogP contribution in [0.3, 0.4) is 0 Å². The fourth-order valence-electron chi connectivity index (χ4n) is 2.44. The van der Waals surface area contributed by atoms with E-state index in [2.05, 4.69) is 13.8 Å². The van der Waals surface area contributed by atoms with E-state index in [1.165, 1.54) is 0 Å². The van der Waals surface area contributed by atoms with Crippen molar-refractivity contribution < 1.29 is 9.90 Å². The average Bonchev–Trinajstić information content (AvgIpc) is 2.36. The van der Waals surface area contributed by atoms with Gasteiger partial charge in [-0.15, -0.1) is 0 Å². The van der Waals surface area contributed by atoms with Crippen LogP contribution in [0.25, 0.3) is 0 Å². The molecule has 1 fully saturated rings. The van der Waals surface area contributed by atoms with E-state index in [-0.39, 0.29) is 17.9 Å². The lowest BCUT2D eigenvalue weighted by Crippen LogP contribution is -2.55. The first kappa shape index (κ1) is 13.1. The van der Waals surface area contributed by atoms with Crippen molar-refractivity contribution in [2.24, 2.45) is 5.92 Å². The van der Waals surface area contributed by atoms with Gasteiger partial charge in [0, 0.05) is 13.1 Å². The van der Waals surface area contributed by atoms with Gasteiger partial charge in [-0.25, -0.2) is 0 Å². The molecule has 0 radical (unpaired) electrons. The van der Waals surface area contributed by atoms with E-state index >= 15 is 0 Å². The molecule has 1 N–H and O–H groups in total. The normalized spacial score (nSPS) is 19.2. The summed E-state index contributed by atoms with van der Waals surface area (Å²) in [7, 11) is 0. The van der Waals surface area contributed by atoms with Gasteiger partial charge in [0.1, 0.15) is 0 Å². The summed E-state index contributed by atoms with van der Waals surface area (Å²) < 4.78 is 0. The smallest absolute Gasteiger partial charge is 0.230 e. The third kappa shape index (κ3) is 2.56. The number of β-amino-alcohol motifs (C(OH)–C–C–N with tert-alkyl or cyclic N) is 1. The predicted octanol–water partition coefficient (Wildman–Crippen LogP) is 2.02. The Morgan fingerprint density at radius 2 is 2.00 bits per heavy atom. The number of amides is 1. The standard InChI is InChI=1S/C15H21NO2/c1-3-11(2)14(12-7-5-4-6-8-12)15(18)16-9-13(17)10-16/h4-8,11,13-14,17H,3,9-10H2,1-2H3. The Morgan fingerprint density at radius 3 is 2.50 bits per heavy atom. The molecule has 3 nitrogen and oxygen atoms in total. The molecule has 0 aliphatic carbocycles. The highest BCUT2D eigenvalue weighted by Gasteiger charge is 2.35. The molecule has 3 heteroatoms. The van der Waals surface area contributed by atoms with Gasteiger partial charge in [-0.1, -0.05) is 50.6 Å². The number of nitrogens with zero attached hydrogens (tertiary/aromatic N) is 1. The van der Waals surface area contributed by atoms with Crippen LogP contribution in [0.5, 0.6) is 0 Å². The highest BCUT2D eigenvalue weighted by atomic mass is 16.3. The third-order valence-corrected chi connectivity index (χ3v) is 3.81. The first-order chi connectivity index (χ1) is 8.63. The zero-order valence-corrected chi connectivity index (χ0v) is 11.0. The minimum absolute atomic E-state index is 0.0799. The maximum absolute atomic E-state index is 12.5. The van der Waals surface area contributed by atoms with Crippen molar-refractivity contribution in [1.82, 2.24) is 4.90 Å². The fourth-order valence-corrected chi connectivity index (χ4v) is 2.44. The summed E-state index contributed by atoms with van der Waals surface area (Å²) in [5.41, 5.74) is 1.08. The minimum Gasteiger partial charge on any atom is -0.389 e. The summed E-state index contributed by atoms with van der Waals surface area (Å²) in [5.74, 6) is 0.391. The van der Waals surface area contributed by atoms with Crippen LogP contribution in [0.4, 0.5) is 0 Å². The molecule has 0 spiro atoms. The number of likely N-dealkylation sites (tertiary alicyclic amines) is 1. The van der Waals surface area contributed by atoms with Crippen LogP contribution in [-0.4, -0.2) is 35.1 Å². The monoisotopic (exact) mass is 247 g/mol. The molecule has 0 aromatic heterocycles. The maximum Gasteiger partial charge on any atom is 0.230 e. The van der Waals surface area contributed by atoms with E-state index in [4.69, 9.17) is 0 Å². The molecule has 2 atom stereocenters. The van der Waals surface area contributed by atoms with Gasteiger partial charge in [-0.3, -0.25) is 4.79 Å². The lowest BCUT2D eigenvalue weighted by molar-refractivity contribution is -0.144. The molecule has 1 saturated heterocycles. The van der Waals surface area contributed by atoms with Gasteiger partial charge in [0.15, 0.2) is 0 Å². The van der Waals surface area contributed by atoms with E-state index < -0.39 is 0 Å². The molecule has 98 valence electrons. The van der Waals surface area contributed by atoms with Gasteiger partial charge in [-0.05, 0) is 11.5 Å². The maximum atomic E-state index is 12.5. The first-order valence-electron chi connectivity index (χ1n) is 6.65. The highest BCUT2D eigenvalue weighted by molar-refractivity contribution is 5.84. The Morgan fingerprint density at radius 1 is 1.39 bits per heavy atom. The second-order valence-corrected chi connectivity index (χ2v) is 5.17. The average molecular weight is 247 g/mol. The van der Waals surface area contributed by atoms with Crippen LogP contribution in [-0.2, 0) is 4.79 Å². The summed E-state index contributed by atoms with van der Waals surface area (Å²) in [6.07, 6.45) is 0.643. The molecular formula is C15H21NO2. The number of hydrogen-bond donors (Lipinski definition) is 1. The molecular weight excluding hydrogens is 226 g/mol. The van der Waals surface area contributed by atoms with Gasteiger partial charge in [0.25, 0.3) is 0 Å². The van der Waals surface area contributed by atoms with Crippen molar-refractivity contribution in [2.45, 2.75) is 32.3 Å². The third-order valence-electron chi connectivity index (χ3n) is 3.81. The van der Waals surface area contributed by atoms with E-state index in [1.807, 2.05) is 30.3 Å². The van der Waals surface area contributed by atoms with Crippen LogP contribution in [0, 0.1) is 5.92 Å². The number of hydrogen-bond acceptors (Lipinski definition) is 2. The predicted molar refractivity (Wildman–Crippen MR) is 71.2 cm³/mol. The second kappa shape index (κ2) is 5.53. The molecule has 18 heavy (non-hydrogen) atoms. The van der Waals surface area contributed by atoms with Crippen molar-refractivity contribution in [3.05, 3.63) is 35.9 Å². The number of benzene rings is 1. The number of carbonyl (C=O) groups is 1. The molecule has 1 aromatic carbocycles. The van der Waals surface area contributed by atoms with E-state index in [0.717, 1.165) is 12.0 Å². The van der Waals surface area contributed by atoms with Crippen LogP contribution >= 0.6 is 0 Å². The molecule has 2 unspecified atom stereocenters. The number of aliphatic hydroxyl groups is 1. The Bertz CT molecular complexity index is 398. The van der Waals surface area contributed by atoms with Gasteiger partial charge in [0.05, 0.1) is 12.0 Å². The fraction of sp³-hybridized carbons (Fsp3) is 0.533. The first-order valence-corrected chi connectivity index (χ1v) is 6.65. The summed E-state index contributed by atoms with van der Waals surface area (Å²) in [4.78, 5) is 14.2. The van der Waals surface area contributed by atoms with Gasteiger partial charge in [-0.2, -0.15) is 0 Å². The van der Waals surface area contributed by atoms with Gasteiger partial charge < -0.3 is 10.0 Å². The van der Waals surface area contributed by atoms with Crippen LogP contribution in [0.15, 0.2) is 30.3 Å². The summed E-state index contributed by atoms with van der Waals surface area (Å²) in [6, 6.07) is 9.96. The lowest BCUT2D eigenvalue weighted by atomic mass is 9.84. The molecule has 2 rings (SSSR count). The molecule has 1 aromatic rings. The van der Waals surface area contributed by atoms with Crippen LogP contribution in [0.2, 0.25) is 0 Å². The SMILES string of the molecule is CCC(C)C(C(=O)N1CC(O)C1)c1ccccc1. The zero-order chi connectivity index (χ0) is 13.1. The van der Waals surface area contributed by atoms with E-state index in [1.54, 1.807) is 4.90 Å². The summed E-state index contributed by atoms with van der Waals surface area (Å²) in [6.45, 7) is 5.20. The van der Waals surface area contributed by atoms with Crippen LogP contribution < -0.4 is 0 Å². The molecule has 0 bridgehead atoms. The molecule has 1 aliphatic heterocycles. The zero-order valence-electron chi connectivity index (χ0n) is 11.0. The van der Waals surface area contributed by atoms with Crippen molar-refractivity contribution in [2.75, 3.05) is 13.1 Å². The van der Waals surface area contributed by atoms with E-state index in [0.29, 0.717) is 19.0 Å². The number of rotatable bonds is 4. The quantitative estimate of drug-likeness (QED) is 0.884. The molecule has 0 saturated carbocycles. The van der Waals surface area contributed by atoms with Crippen LogP contribution in [0.1, 0.15) is 31.7 Å². The van der Waals surface area contributed by atoms with E-state index in [9.17, 15) is 9.90 Å². The largest absolute Gasteiger partial charge is 0.389 e. The summed E-state index contributed by atoms with van der Waals surface area (Å²) in [5, 5.41) is 9.32. The second-order valence-electron chi connectivity index (χ2n) is 5.17. The van der Waals surface area contributed by atoms with Crippen molar-refractivity contribution in [1.29, 1.82) is 0 Å². The molecule has 1 heterocycles. The Balaban J connectivity index is 2.18. The van der Waals surface area contributed by atoms with Crippen molar-refractivity contribution in [3.63, 3.8) is 0 Å². The Hall–Kier alpha value is -1.35. The topological polar surface area (TPSA) is 40.5 Å². The highest BCUT2D eigenvalue weighted by Crippen LogP contribution is 2.30. The Kier molecular flexibility index (Phi) is 4.02. The number of aliphatic hydroxyl groups excluding tert-OH is 1. The van der Waals surface area contributed by atoms with Gasteiger partial charge in [0.2, 0.25) is 5.91 Å².